The van der Waals surface area contributed by atoms with Crippen molar-refractivity contribution in [2.24, 2.45) is 11.8 Å². The van der Waals surface area contributed by atoms with Crippen LogP contribution >= 0.6 is 0 Å². The lowest BCUT2D eigenvalue weighted by Crippen LogP contribution is -2.47. The van der Waals surface area contributed by atoms with E-state index in [0.29, 0.717) is 23.4 Å². The molecule has 2 heterocycles. The molecule has 206 valence electrons. The molecule has 12 nitrogen and oxygen atoms in total. The van der Waals surface area contributed by atoms with Gasteiger partial charge >= 0.3 is 0 Å². The van der Waals surface area contributed by atoms with E-state index in [1.165, 1.54) is 39.3 Å². The average Bonchev–Trinajstić information content (AvgIpc) is 3.54. The number of allylic oxidation sites excluding steroid dienone is 2. The molecule has 0 radical (unpaired) electrons. The molecule has 2 aromatic carbocycles. The number of nitrogens with one attached hydrogen (secondary N) is 2. The number of fused-ring (bicyclic) bond motifs is 1. The number of amides is 3. The SMILES string of the molecule is O=C(NO)[C@@H](Cc1ccccc1)NS(=O)(=O)c1ccc(-n2cc(CCN3C(=O)C4C=CC=CC4C3=O)nn2)cc1. The van der Waals surface area contributed by atoms with Gasteiger partial charge in [0, 0.05) is 13.0 Å². The Bertz CT molecular complexity index is 1550. The zero-order chi connectivity index (χ0) is 28.3. The van der Waals surface area contributed by atoms with Crippen molar-refractivity contribution in [1.29, 1.82) is 0 Å². The van der Waals surface area contributed by atoms with E-state index in [2.05, 4.69) is 15.0 Å². The van der Waals surface area contributed by atoms with Gasteiger partial charge in [-0.3, -0.25) is 24.5 Å². The van der Waals surface area contributed by atoms with Gasteiger partial charge in [-0.05, 0) is 36.2 Å². The summed E-state index contributed by atoms with van der Waals surface area (Å²) in [5.74, 6) is -2.25. The normalized spacial score (nSPS) is 19.1. The molecule has 1 fully saturated rings. The van der Waals surface area contributed by atoms with Crippen molar-refractivity contribution in [2.75, 3.05) is 6.54 Å². The van der Waals surface area contributed by atoms with Gasteiger partial charge in [0.2, 0.25) is 21.8 Å². The van der Waals surface area contributed by atoms with Crippen molar-refractivity contribution in [3.05, 3.63) is 96.4 Å². The topological polar surface area (TPSA) is 164 Å². The molecule has 3 amide bonds. The van der Waals surface area contributed by atoms with Gasteiger partial charge in [-0.1, -0.05) is 59.8 Å². The molecule has 5 rings (SSSR count). The highest BCUT2D eigenvalue weighted by molar-refractivity contribution is 7.89. The van der Waals surface area contributed by atoms with Crippen LogP contribution in [-0.4, -0.2) is 63.8 Å². The van der Waals surface area contributed by atoms with E-state index >= 15 is 0 Å². The Morgan fingerprint density at radius 2 is 1.62 bits per heavy atom. The summed E-state index contributed by atoms with van der Waals surface area (Å²) < 4.78 is 29.8. The number of sulfonamides is 1. The van der Waals surface area contributed by atoms with E-state index in [4.69, 9.17) is 5.21 Å². The van der Waals surface area contributed by atoms with Crippen LogP contribution in [0.2, 0.25) is 0 Å². The molecule has 3 N–H and O–H groups in total. The minimum atomic E-state index is -4.11. The number of likely N-dealkylation sites (tertiary alicyclic amines) is 1. The molecule has 0 spiro atoms. The minimum Gasteiger partial charge on any atom is -0.289 e. The van der Waals surface area contributed by atoms with E-state index in [1.54, 1.807) is 60.8 Å². The van der Waals surface area contributed by atoms with Crippen LogP contribution in [0.3, 0.4) is 0 Å². The van der Waals surface area contributed by atoms with Gasteiger partial charge in [0.05, 0.1) is 34.3 Å². The van der Waals surface area contributed by atoms with Crippen molar-refractivity contribution < 1.29 is 28.0 Å². The second-order valence-corrected chi connectivity index (χ2v) is 11.1. The maximum Gasteiger partial charge on any atom is 0.261 e. The number of carbonyl (C=O) groups excluding carboxylic acids is 3. The first-order valence-electron chi connectivity index (χ1n) is 12.5. The Morgan fingerprint density at radius 3 is 2.25 bits per heavy atom. The molecule has 1 saturated heterocycles. The maximum absolute atomic E-state index is 13.0. The van der Waals surface area contributed by atoms with Crippen LogP contribution in [0.25, 0.3) is 5.69 Å². The van der Waals surface area contributed by atoms with Crippen molar-refractivity contribution in [1.82, 2.24) is 30.1 Å². The van der Waals surface area contributed by atoms with Crippen molar-refractivity contribution in [2.45, 2.75) is 23.8 Å². The van der Waals surface area contributed by atoms with E-state index in [-0.39, 0.29) is 29.7 Å². The van der Waals surface area contributed by atoms with Gasteiger partial charge in [0.15, 0.2) is 0 Å². The van der Waals surface area contributed by atoms with Crippen LogP contribution < -0.4 is 10.2 Å². The smallest absolute Gasteiger partial charge is 0.261 e. The number of benzene rings is 2. The molecule has 1 aromatic heterocycles. The van der Waals surface area contributed by atoms with Gasteiger partial charge in [-0.15, -0.1) is 5.10 Å². The zero-order valence-corrected chi connectivity index (χ0v) is 21.9. The summed E-state index contributed by atoms with van der Waals surface area (Å²) in [5, 5.41) is 17.3. The van der Waals surface area contributed by atoms with Gasteiger partial charge in [0.25, 0.3) is 5.91 Å². The minimum absolute atomic E-state index is 0.0373. The third-order valence-electron chi connectivity index (χ3n) is 6.79. The highest BCUT2D eigenvalue weighted by Gasteiger charge is 2.45. The molecule has 13 heteroatoms. The molecule has 1 aliphatic heterocycles. The number of rotatable bonds is 10. The Morgan fingerprint density at radius 1 is 0.975 bits per heavy atom. The highest BCUT2D eigenvalue weighted by atomic mass is 32.2. The van der Waals surface area contributed by atoms with Crippen molar-refractivity contribution >= 4 is 27.7 Å². The summed E-state index contributed by atoms with van der Waals surface area (Å²) in [5.41, 5.74) is 3.30. The zero-order valence-electron chi connectivity index (χ0n) is 21.1. The Labute approximate surface area is 230 Å². The van der Waals surface area contributed by atoms with Crippen LogP contribution in [0.5, 0.6) is 0 Å². The summed E-state index contributed by atoms with van der Waals surface area (Å²) in [6, 6.07) is 13.4. The second kappa shape index (κ2) is 11.3. The molecule has 40 heavy (non-hydrogen) atoms. The Kier molecular flexibility index (Phi) is 7.69. The predicted octanol–water partition coefficient (Wildman–Crippen LogP) is 0.932. The number of imide groups is 1. The van der Waals surface area contributed by atoms with Gasteiger partial charge in [-0.25, -0.2) is 18.6 Å². The fourth-order valence-electron chi connectivity index (χ4n) is 4.68. The standard InChI is InChI=1S/C27H26N6O6S/c34-25(29-37)24(16-18-6-2-1-3-7-18)30-40(38,39)21-12-10-20(11-13-21)33-17-19(28-31-33)14-15-32-26(35)22-8-4-5-9-23(22)27(32)36/h1-13,17,22-24,30,37H,14-16H2,(H,29,34)/t22?,23?,24-/m1/s1. The fourth-order valence-corrected chi connectivity index (χ4v) is 5.88. The molecule has 2 unspecified atom stereocenters. The summed E-state index contributed by atoms with van der Waals surface area (Å²) in [4.78, 5) is 38.5. The van der Waals surface area contributed by atoms with Crippen LogP contribution in [0.4, 0.5) is 0 Å². The van der Waals surface area contributed by atoms with Crippen LogP contribution in [0.15, 0.2) is 90.0 Å². The maximum atomic E-state index is 13.0. The van der Waals surface area contributed by atoms with E-state index in [0.717, 1.165) is 0 Å². The summed E-state index contributed by atoms with van der Waals surface area (Å²) >= 11 is 0. The molecular formula is C27H26N6O6S. The van der Waals surface area contributed by atoms with Gasteiger partial charge in [-0.2, -0.15) is 4.72 Å². The average molecular weight is 563 g/mol. The molecule has 0 bridgehead atoms. The summed E-state index contributed by atoms with van der Waals surface area (Å²) in [7, 11) is -4.11. The highest BCUT2D eigenvalue weighted by Crippen LogP contribution is 2.31. The number of hydroxylamine groups is 1. The third kappa shape index (κ3) is 5.61. The molecule has 1 aliphatic carbocycles. The molecule has 3 atom stereocenters. The molecular weight excluding hydrogens is 536 g/mol. The Balaban J connectivity index is 1.23. The number of hydrogen-bond donors (Lipinski definition) is 3. The molecule has 3 aromatic rings. The lowest BCUT2D eigenvalue weighted by Gasteiger charge is -2.17. The monoisotopic (exact) mass is 562 g/mol. The lowest BCUT2D eigenvalue weighted by molar-refractivity contribution is -0.139. The van der Waals surface area contributed by atoms with E-state index in [9.17, 15) is 22.8 Å². The molecule has 2 aliphatic rings. The van der Waals surface area contributed by atoms with Crippen LogP contribution in [0, 0.1) is 11.8 Å². The first-order chi connectivity index (χ1) is 19.3. The number of hydrogen-bond acceptors (Lipinski definition) is 8. The summed E-state index contributed by atoms with van der Waals surface area (Å²) in [6.45, 7) is 0.180. The predicted molar refractivity (Wildman–Crippen MR) is 141 cm³/mol. The number of carbonyl (C=O) groups is 3. The first-order valence-corrected chi connectivity index (χ1v) is 14.0. The quantitative estimate of drug-likeness (QED) is 0.187. The first kappa shape index (κ1) is 27.1. The summed E-state index contributed by atoms with van der Waals surface area (Å²) in [6.07, 6.45) is 9.01. The van der Waals surface area contributed by atoms with Gasteiger partial charge < -0.3 is 0 Å². The van der Waals surface area contributed by atoms with Crippen LogP contribution in [-0.2, 0) is 37.2 Å². The van der Waals surface area contributed by atoms with Crippen LogP contribution in [0.1, 0.15) is 11.3 Å². The van der Waals surface area contributed by atoms with Crippen molar-refractivity contribution in [3.8, 4) is 5.69 Å². The van der Waals surface area contributed by atoms with Gasteiger partial charge in [0.1, 0.15) is 6.04 Å². The van der Waals surface area contributed by atoms with Crippen molar-refractivity contribution in [3.63, 3.8) is 0 Å². The third-order valence-corrected chi connectivity index (χ3v) is 8.28. The van der Waals surface area contributed by atoms with E-state index in [1.807, 2.05) is 0 Å². The lowest BCUT2D eigenvalue weighted by atomic mass is 9.91. The largest absolute Gasteiger partial charge is 0.289 e. The Hall–Kier alpha value is -4.46. The second-order valence-electron chi connectivity index (χ2n) is 9.39. The number of nitrogens with zero attached hydrogens (tertiary/aromatic N) is 4. The van der Waals surface area contributed by atoms with E-state index < -0.39 is 33.8 Å². The fraction of sp³-hybridized carbons (Fsp3) is 0.222. The number of aromatic nitrogens is 3. The molecule has 0 saturated carbocycles.